The molecule has 176 valence electrons. The molecule has 0 atom stereocenters. The molecule has 0 saturated heterocycles. The topological polar surface area (TPSA) is 65.4 Å². The Morgan fingerprint density at radius 3 is 2.70 bits per heavy atom. The van der Waals surface area contributed by atoms with Crippen LogP contribution in [0.5, 0.6) is 11.5 Å². The predicted molar refractivity (Wildman–Crippen MR) is 133 cm³/mol. The number of imidazole rings is 1. The number of carbonyl (C=O) groups excluding carboxylic acids is 1. The van der Waals surface area contributed by atoms with E-state index in [4.69, 9.17) is 14.5 Å². The van der Waals surface area contributed by atoms with Gasteiger partial charge in [-0.2, -0.15) is 0 Å². The van der Waals surface area contributed by atoms with Crippen molar-refractivity contribution in [3.63, 3.8) is 0 Å². The number of aryl methyl sites for hydroxylation is 1. The Morgan fingerprint density at radius 1 is 1.18 bits per heavy atom. The van der Waals surface area contributed by atoms with E-state index in [9.17, 15) is 4.79 Å². The lowest BCUT2D eigenvalue weighted by Crippen LogP contribution is -2.30. The summed E-state index contributed by atoms with van der Waals surface area (Å²) in [5.41, 5.74) is 3.14. The molecule has 1 amide bonds. The van der Waals surface area contributed by atoms with Crippen LogP contribution in [0.1, 0.15) is 44.5 Å². The Bertz CT molecular complexity index is 1070. The molecular weight excluding hydrogens is 414 g/mol. The number of aromatic nitrogens is 2. The highest BCUT2D eigenvalue weighted by Gasteiger charge is 2.16. The maximum Gasteiger partial charge on any atom is 0.223 e. The summed E-state index contributed by atoms with van der Waals surface area (Å²) in [5.74, 6) is 2.46. The number of nitrogens with one attached hydrogen (secondary N) is 1. The van der Waals surface area contributed by atoms with Gasteiger partial charge in [0.1, 0.15) is 5.82 Å². The van der Waals surface area contributed by atoms with E-state index in [0.29, 0.717) is 13.2 Å². The van der Waals surface area contributed by atoms with Gasteiger partial charge in [0.15, 0.2) is 11.5 Å². The summed E-state index contributed by atoms with van der Waals surface area (Å²) in [6.45, 7) is 9.59. The molecule has 3 rings (SSSR count). The molecule has 1 aromatic heterocycles. The van der Waals surface area contributed by atoms with Gasteiger partial charge in [-0.1, -0.05) is 38.1 Å². The molecule has 0 saturated carbocycles. The molecule has 33 heavy (non-hydrogen) atoms. The number of methoxy groups -OCH3 is 1. The highest BCUT2D eigenvalue weighted by molar-refractivity contribution is 5.79. The quantitative estimate of drug-likeness (QED) is 0.284. The van der Waals surface area contributed by atoms with Crippen LogP contribution in [-0.4, -0.2) is 29.2 Å². The molecule has 1 N–H and O–H groups in total. The standard InChI is InChI=1S/C27H35N3O3/c1-5-11-20-14-15-24(25(18-20)32-4)33-17-10-16-30-23-13-9-8-12-22(23)29-26(30)19-28-27(31)21(6-2)7-3/h5,8-9,12-15,18,21H,1,6-7,10-11,16-17,19H2,2-4H3,(H,28,31). The molecule has 0 aliphatic carbocycles. The van der Waals surface area contributed by atoms with Gasteiger partial charge >= 0.3 is 0 Å². The van der Waals surface area contributed by atoms with Crippen molar-refractivity contribution in [3.8, 4) is 11.5 Å². The van der Waals surface area contributed by atoms with E-state index in [-0.39, 0.29) is 11.8 Å². The summed E-state index contributed by atoms with van der Waals surface area (Å²) in [5, 5.41) is 3.07. The van der Waals surface area contributed by atoms with Gasteiger partial charge < -0.3 is 19.4 Å². The normalized spacial score (nSPS) is 11.0. The molecule has 1 heterocycles. The third kappa shape index (κ3) is 6.15. The van der Waals surface area contributed by atoms with E-state index >= 15 is 0 Å². The first-order chi connectivity index (χ1) is 16.1. The van der Waals surface area contributed by atoms with Crippen molar-refractivity contribution in [2.24, 2.45) is 5.92 Å². The van der Waals surface area contributed by atoms with Crippen molar-refractivity contribution in [1.82, 2.24) is 14.9 Å². The largest absolute Gasteiger partial charge is 0.493 e. The van der Waals surface area contributed by atoms with Crippen molar-refractivity contribution >= 4 is 16.9 Å². The van der Waals surface area contributed by atoms with E-state index in [1.165, 1.54) is 0 Å². The number of fused-ring (bicyclic) bond motifs is 1. The van der Waals surface area contributed by atoms with Crippen LogP contribution < -0.4 is 14.8 Å². The van der Waals surface area contributed by atoms with Crippen LogP contribution in [0.25, 0.3) is 11.0 Å². The van der Waals surface area contributed by atoms with Crippen LogP contribution in [0, 0.1) is 5.92 Å². The summed E-state index contributed by atoms with van der Waals surface area (Å²) in [6, 6.07) is 14.0. The summed E-state index contributed by atoms with van der Waals surface area (Å²) < 4.78 is 13.7. The SMILES string of the molecule is C=CCc1ccc(OCCCn2c(CNC(=O)C(CC)CC)nc3ccccc32)c(OC)c1. The molecule has 0 unspecified atom stereocenters. The van der Waals surface area contributed by atoms with Crippen molar-refractivity contribution in [2.75, 3.05) is 13.7 Å². The van der Waals surface area contributed by atoms with Gasteiger partial charge in [0.05, 0.1) is 31.3 Å². The van der Waals surface area contributed by atoms with Gasteiger partial charge in [-0.25, -0.2) is 4.98 Å². The molecule has 2 aromatic carbocycles. The maximum atomic E-state index is 12.5. The van der Waals surface area contributed by atoms with Crippen LogP contribution in [0.4, 0.5) is 0 Å². The molecule has 0 bridgehead atoms. The molecule has 6 heteroatoms. The summed E-state index contributed by atoms with van der Waals surface area (Å²) >= 11 is 0. The summed E-state index contributed by atoms with van der Waals surface area (Å²) in [7, 11) is 1.65. The second-order valence-electron chi connectivity index (χ2n) is 8.08. The molecule has 6 nitrogen and oxygen atoms in total. The number of allylic oxidation sites excluding steroid dienone is 1. The average Bonchev–Trinajstić information content (AvgIpc) is 3.19. The van der Waals surface area contributed by atoms with Gasteiger partial charge in [-0.15, -0.1) is 6.58 Å². The number of hydrogen-bond donors (Lipinski definition) is 1. The first-order valence-electron chi connectivity index (χ1n) is 11.7. The van der Waals surface area contributed by atoms with Gasteiger partial charge in [0.25, 0.3) is 0 Å². The number of ether oxygens (including phenoxy) is 2. The lowest BCUT2D eigenvalue weighted by molar-refractivity contribution is -0.125. The maximum absolute atomic E-state index is 12.5. The zero-order valence-corrected chi connectivity index (χ0v) is 20.0. The third-order valence-electron chi connectivity index (χ3n) is 5.90. The van der Waals surface area contributed by atoms with Crippen LogP contribution in [0.15, 0.2) is 55.1 Å². The first-order valence-corrected chi connectivity index (χ1v) is 11.7. The van der Waals surface area contributed by atoms with Gasteiger partial charge in [0.2, 0.25) is 5.91 Å². The Labute approximate surface area is 196 Å². The highest BCUT2D eigenvalue weighted by Crippen LogP contribution is 2.28. The monoisotopic (exact) mass is 449 g/mol. The van der Waals surface area contributed by atoms with E-state index in [1.54, 1.807) is 7.11 Å². The number of benzene rings is 2. The minimum atomic E-state index is 0.0454. The van der Waals surface area contributed by atoms with E-state index in [1.807, 2.05) is 56.3 Å². The number of carbonyl (C=O) groups is 1. The predicted octanol–water partition coefficient (Wildman–Crippen LogP) is 5.29. The van der Waals surface area contributed by atoms with Crippen molar-refractivity contribution in [3.05, 3.63) is 66.5 Å². The molecule has 0 aliphatic rings. The number of rotatable bonds is 13. The Kier molecular flexibility index (Phi) is 8.93. The second kappa shape index (κ2) is 12.1. The first kappa shape index (κ1) is 24.4. The fraction of sp³-hybridized carbons (Fsp3) is 0.407. The highest BCUT2D eigenvalue weighted by atomic mass is 16.5. The fourth-order valence-corrected chi connectivity index (χ4v) is 4.01. The minimum absolute atomic E-state index is 0.0454. The van der Waals surface area contributed by atoms with Crippen LogP contribution >= 0.6 is 0 Å². The van der Waals surface area contributed by atoms with E-state index in [2.05, 4.69) is 22.5 Å². The Morgan fingerprint density at radius 2 is 1.97 bits per heavy atom. The van der Waals surface area contributed by atoms with Crippen LogP contribution in [0.3, 0.4) is 0 Å². The molecule has 0 fully saturated rings. The molecule has 0 spiro atoms. The fourth-order valence-electron chi connectivity index (χ4n) is 4.01. The Balaban J connectivity index is 1.65. The number of para-hydroxylation sites is 2. The number of amides is 1. The van der Waals surface area contributed by atoms with Crippen molar-refractivity contribution < 1.29 is 14.3 Å². The summed E-state index contributed by atoms with van der Waals surface area (Å²) in [4.78, 5) is 17.2. The summed E-state index contributed by atoms with van der Waals surface area (Å²) in [6.07, 6.45) is 5.14. The molecular formula is C27H35N3O3. The van der Waals surface area contributed by atoms with Gasteiger partial charge in [0, 0.05) is 12.5 Å². The zero-order valence-electron chi connectivity index (χ0n) is 20.0. The number of hydrogen-bond acceptors (Lipinski definition) is 4. The van der Waals surface area contributed by atoms with Crippen LogP contribution in [0.2, 0.25) is 0 Å². The lowest BCUT2D eigenvalue weighted by atomic mass is 10.0. The third-order valence-corrected chi connectivity index (χ3v) is 5.90. The minimum Gasteiger partial charge on any atom is -0.493 e. The van der Waals surface area contributed by atoms with Gasteiger partial charge in [-0.3, -0.25) is 4.79 Å². The molecule has 0 radical (unpaired) electrons. The lowest BCUT2D eigenvalue weighted by Gasteiger charge is -2.15. The van der Waals surface area contributed by atoms with Crippen molar-refractivity contribution in [1.29, 1.82) is 0 Å². The number of nitrogens with zero attached hydrogens (tertiary/aromatic N) is 2. The molecule has 0 aliphatic heterocycles. The second-order valence-corrected chi connectivity index (χ2v) is 8.08. The van der Waals surface area contributed by atoms with Gasteiger partial charge in [-0.05, 0) is 55.5 Å². The van der Waals surface area contributed by atoms with E-state index in [0.717, 1.165) is 66.1 Å². The smallest absolute Gasteiger partial charge is 0.223 e. The van der Waals surface area contributed by atoms with Crippen LogP contribution in [-0.2, 0) is 24.3 Å². The van der Waals surface area contributed by atoms with Crippen molar-refractivity contribution in [2.45, 2.75) is 52.6 Å². The van der Waals surface area contributed by atoms with E-state index < -0.39 is 0 Å². The zero-order chi connectivity index (χ0) is 23.6. The Hall–Kier alpha value is -3.28. The molecule has 3 aromatic rings. The average molecular weight is 450 g/mol.